The lowest BCUT2D eigenvalue weighted by atomic mass is 10.3. The Bertz CT molecular complexity index is 418. The van der Waals surface area contributed by atoms with Crippen LogP contribution in [0.5, 0.6) is 0 Å². The topological polar surface area (TPSA) is 55.4 Å². The average Bonchev–Trinajstić information content (AvgIpc) is 2.92. The highest BCUT2D eigenvalue weighted by Crippen LogP contribution is 2.40. The Morgan fingerprint density at radius 1 is 0.405 bits per heavy atom. The Balaban J connectivity index is 6.58. The van der Waals surface area contributed by atoms with Crippen LogP contribution in [0, 0.1) is 0 Å². The van der Waals surface area contributed by atoms with E-state index in [-0.39, 0.29) is 9.75 Å². The van der Waals surface area contributed by atoms with E-state index in [2.05, 4.69) is 55.4 Å². The molecule has 0 heterocycles. The molecule has 0 radical (unpaired) electrons. The van der Waals surface area contributed by atoms with Crippen LogP contribution in [0.4, 0.5) is 0 Å². The summed E-state index contributed by atoms with van der Waals surface area (Å²) in [5.74, 6) is 0. The fraction of sp³-hybridized carbons (Fsp3) is 1.00. The molecule has 0 rings (SSSR count). The smallest absolute Gasteiger partial charge is 0.373 e. The van der Waals surface area contributed by atoms with E-state index in [0.717, 1.165) is 77.0 Å². The third-order valence-electron chi connectivity index (χ3n) is 5.80. The van der Waals surface area contributed by atoms with Gasteiger partial charge in [-0.1, -0.05) is 81.1 Å². The summed E-state index contributed by atoms with van der Waals surface area (Å²) < 4.78 is 40.0. The maximum absolute atomic E-state index is 6.67. The highest BCUT2D eigenvalue weighted by molar-refractivity contribution is 8.03. The number of hydrogen-bond acceptors (Lipinski definition) is 7. The minimum absolute atomic E-state index is 0.131. The van der Waals surface area contributed by atoms with E-state index >= 15 is 0 Å². The molecule has 0 bridgehead atoms. The molecule has 37 heavy (non-hydrogen) atoms. The van der Waals surface area contributed by atoms with Crippen molar-refractivity contribution in [2.75, 3.05) is 39.6 Å². The molecule has 0 saturated heterocycles. The summed E-state index contributed by atoms with van der Waals surface area (Å²) in [4.78, 5) is 0.262. The third-order valence-corrected chi connectivity index (χ3v) is 15.3. The predicted molar refractivity (Wildman–Crippen MR) is 163 cm³/mol. The quantitative estimate of drug-likeness (QED) is 0.0859. The summed E-state index contributed by atoms with van der Waals surface area (Å²) in [6.45, 7) is 21.4. The standard InChI is InChI=1S/C28H62O6SSi2/c1-9-17-19-27(36(29-21-11-3,30-22-12-4)31-23-13-5)35-28(20-18-10-2)37(32-24-14-6,33-25-15-7)34-26-16-8/h27-28H,9-26H2,1-8H3. The average molecular weight is 583 g/mol. The van der Waals surface area contributed by atoms with Crippen molar-refractivity contribution in [3.05, 3.63) is 0 Å². The molecule has 0 aliphatic heterocycles. The first-order valence-electron chi connectivity index (χ1n) is 15.5. The second kappa shape index (κ2) is 24.3. The van der Waals surface area contributed by atoms with Crippen LogP contribution in [0.3, 0.4) is 0 Å². The maximum Gasteiger partial charge on any atom is 0.514 e. The SMILES string of the molecule is CCCCC(SC(CCCC)[Si](OCCC)(OCCC)OCCC)[Si](OCCC)(OCCC)OCCC. The first-order chi connectivity index (χ1) is 18.0. The second-order valence-electron chi connectivity index (χ2n) is 9.70. The molecule has 0 aromatic rings. The van der Waals surface area contributed by atoms with Gasteiger partial charge >= 0.3 is 17.6 Å². The van der Waals surface area contributed by atoms with Crippen LogP contribution in [-0.2, 0) is 26.6 Å². The van der Waals surface area contributed by atoms with Crippen molar-refractivity contribution in [2.24, 2.45) is 0 Å². The molecule has 0 fully saturated rings. The Morgan fingerprint density at radius 2 is 0.649 bits per heavy atom. The van der Waals surface area contributed by atoms with Crippen LogP contribution < -0.4 is 0 Å². The molecule has 2 unspecified atom stereocenters. The molecule has 0 aromatic carbocycles. The molecule has 0 aromatic heterocycles. The van der Waals surface area contributed by atoms with Gasteiger partial charge in [-0.3, -0.25) is 0 Å². The largest absolute Gasteiger partial charge is 0.514 e. The molecule has 9 heteroatoms. The van der Waals surface area contributed by atoms with Gasteiger partial charge in [0.2, 0.25) is 0 Å². The zero-order chi connectivity index (χ0) is 27.8. The molecule has 0 saturated carbocycles. The molecule has 6 nitrogen and oxygen atoms in total. The predicted octanol–water partition coefficient (Wildman–Crippen LogP) is 8.35. The van der Waals surface area contributed by atoms with Crippen molar-refractivity contribution in [2.45, 2.75) is 142 Å². The molecule has 0 N–H and O–H groups in total. The summed E-state index contributed by atoms with van der Waals surface area (Å²) in [5.41, 5.74) is 0. The van der Waals surface area contributed by atoms with Gasteiger partial charge in [0, 0.05) is 39.6 Å². The first-order valence-corrected chi connectivity index (χ1v) is 20.0. The minimum atomic E-state index is -2.98. The molecule has 2 atom stereocenters. The zero-order valence-electron chi connectivity index (χ0n) is 25.7. The van der Waals surface area contributed by atoms with E-state index in [9.17, 15) is 0 Å². The fourth-order valence-corrected chi connectivity index (χ4v) is 14.5. The number of hydrogen-bond donors (Lipinski definition) is 0. The summed E-state index contributed by atoms with van der Waals surface area (Å²) >= 11 is 1.96. The van der Waals surface area contributed by atoms with E-state index in [0.29, 0.717) is 39.6 Å². The second-order valence-corrected chi connectivity index (χ2v) is 17.5. The molecular formula is C28H62O6SSi2. The molecular weight excluding hydrogens is 521 g/mol. The van der Waals surface area contributed by atoms with E-state index < -0.39 is 17.6 Å². The van der Waals surface area contributed by atoms with Crippen LogP contribution in [0.2, 0.25) is 0 Å². The van der Waals surface area contributed by atoms with Gasteiger partial charge in [0.1, 0.15) is 0 Å². The van der Waals surface area contributed by atoms with Gasteiger partial charge in [0.15, 0.2) is 0 Å². The Labute approximate surface area is 237 Å². The Kier molecular flexibility index (Phi) is 24.7. The molecule has 0 amide bonds. The van der Waals surface area contributed by atoms with E-state index in [1.54, 1.807) is 0 Å². The fourth-order valence-electron chi connectivity index (χ4n) is 3.91. The van der Waals surface area contributed by atoms with Crippen molar-refractivity contribution in [3.63, 3.8) is 0 Å². The Morgan fingerprint density at radius 3 is 0.838 bits per heavy atom. The number of unbranched alkanes of at least 4 members (excludes halogenated alkanes) is 2. The van der Waals surface area contributed by atoms with Crippen LogP contribution in [0.1, 0.15) is 132 Å². The van der Waals surface area contributed by atoms with Gasteiger partial charge in [-0.25, -0.2) is 0 Å². The van der Waals surface area contributed by atoms with Crippen molar-refractivity contribution in [1.82, 2.24) is 0 Å². The van der Waals surface area contributed by atoms with Gasteiger partial charge < -0.3 is 26.6 Å². The summed E-state index contributed by atoms with van der Waals surface area (Å²) in [6.07, 6.45) is 12.2. The molecule has 0 spiro atoms. The number of thioether (sulfide) groups is 1. The zero-order valence-corrected chi connectivity index (χ0v) is 28.6. The first kappa shape index (κ1) is 37.5. The Hall–Kier alpha value is 0.544. The highest BCUT2D eigenvalue weighted by atomic mass is 32.2. The van der Waals surface area contributed by atoms with Crippen LogP contribution in [-0.4, -0.2) is 67.0 Å². The van der Waals surface area contributed by atoms with Gasteiger partial charge in [0.05, 0.1) is 9.75 Å². The van der Waals surface area contributed by atoms with E-state index in [1.165, 1.54) is 0 Å². The molecule has 224 valence electrons. The van der Waals surface area contributed by atoms with Crippen LogP contribution in [0.25, 0.3) is 0 Å². The van der Waals surface area contributed by atoms with Gasteiger partial charge in [-0.15, -0.1) is 11.8 Å². The van der Waals surface area contributed by atoms with Crippen molar-refractivity contribution in [1.29, 1.82) is 0 Å². The van der Waals surface area contributed by atoms with Gasteiger partial charge in [-0.05, 0) is 51.4 Å². The van der Waals surface area contributed by atoms with Crippen molar-refractivity contribution >= 4 is 29.4 Å². The van der Waals surface area contributed by atoms with Crippen LogP contribution >= 0.6 is 11.8 Å². The van der Waals surface area contributed by atoms with Crippen molar-refractivity contribution < 1.29 is 26.6 Å². The summed E-state index contributed by atoms with van der Waals surface area (Å²) in [7, 11) is -5.96. The van der Waals surface area contributed by atoms with Gasteiger partial charge in [-0.2, -0.15) is 0 Å². The van der Waals surface area contributed by atoms with E-state index in [4.69, 9.17) is 26.6 Å². The normalized spacial score (nSPS) is 14.3. The van der Waals surface area contributed by atoms with Crippen molar-refractivity contribution in [3.8, 4) is 0 Å². The van der Waals surface area contributed by atoms with Gasteiger partial charge in [0.25, 0.3) is 0 Å². The van der Waals surface area contributed by atoms with E-state index in [1.807, 2.05) is 11.8 Å². The third kappa shape index (κ3) is 14.7. The summed E-state index contributed by atoms with van der Waals surface area (Å²) in [5, 5.41) is 0. The minimum Gasteiger partial charge on any atom is -0.373 e. The van der Waals surface area contributed by atoms with Crippen LogP contribution in [0.15, 0.2) is 0 Å². The summed E-state index contributed by atoms with van der Waals surface area (Å²) in [6, 6.07) is 0. The molecule has 0 aliphatic carbocycles. The number of rotatable bonds is 28. The highest BCUT2D eigenvalue weighted by Gasteiger charge is 2.56. The molecule has 0 aliphatic rings. The lowest BCUT2D eigenvalue weighted by Gasteiger charge is -2.41. The maximum atomic E-state index is 6.67. The lowest BCUT2D eigenvalue weighted by molar-refractivity contribution is 0.0548. The lowest BCUT2D eigenvalue weighted by Crippen LogP contribution is -2.60. The monoisotopic (exact) mass is 582 g/mol.